The number of benzene rings is 1. The minimum Gasteiger partial charge on any atom is -0.354 e. The van der Waals surface area contributed by atoms with E-state index in [1.807, 2.05) is 6.92 Å². The SMILES string of the molecule is CC[C@H](C)[C@@H]1NC(=O)[C@H](CC2CCCC2)N(C)C(=O)C[C@@H](C(=O)N2CCC2)N(C)C(=O)[C@H](C2CCCC2)N(C)C(=O)CCCCNC(=O)[C@@H]2CCCN2C(=O)[C@H](CCc2ccc(C(F)(F)F)c(Cl)c2)NC(=O)CN(C)C(=O)[C@H](CC2CCCCC2)N(C)C(=O)[C@@H]2CCN2C(=O)[C@H](C)N(C)C1=O. The van der Waals surface area contributed by atoms with Crippen molar-refractivity contribution >= 4 is 82.5 Å². The number of hydrogen-bond donors (Lipinski definition) is 3. The minimum absolute atomic E-state index is 0.0111. The maximum Gasteiger partial charge on any atom is 0.417 e. The maximum absolute atomic E-state index is 15.2. The van der Waals surface area contributed by atoms with E-state index >= 15 is 14.4 Å². The fourth-order valence-electron chi connectivity index (χ4n) is 16.0. The summed E-state index contributed by atoms with van der Waals surface area (Å²) in [4.78, 5) is 189. The number of aryl methyl sites for hydroxylation is 1. The van der Waals surface area contributed by atoms with E-state index in [0.29, 0.717) is 57.2 Å². The summed E-state index contributed by atoms with van der Waals surface area (Å²) in [7, 11) is 8.90. The molecule has 562 valence electrons. The fraction of sp³-hybridized carbons (Fsp3) is 0.753. The van der Waals surface area contributed by atoms with Crippen molar-refractivity contribution in [1.82, 2.24) is 60.0 Å². The van der Waals surface area contributed by atoms with Gasteiger partial charge in [0.1, 0.15) is 54.4 Å². The van der Waals surface area contributed by atoms with Gasteiger partial charge in [0, 0.05) is 81.4 Å². The molecule has 4 heterocycles. The summed E-state index contributed by atoms with van der Waals surface area (Å²) < 4.78 is 41.3. The number of rotatable bonds is 11. The second-order valence-electron chi connectivity index (χ2n) is 29.9. The Bertz CT molecular complexity index is 3160. The molecule has 1 aromatic carbocycles. The Hall–Kier alpha value is -7.06. The molecule has 8 rings (SSSR count). The fourth-order valence-corrected chi connectivity index (χ4v) is 16.3. The number of carbonyl (C=O) groups is 12. The van der Waals surface area contributed by atoms with Crippen LogP contribution in [0.2, 0.25) is 5.02 Å². The van der Waals surface area contributed by atoms with Crippen molar-refractivity contribution in [2.45, 2.75) is 248 Å². The maximum atomic E-state index is 15.2. The normalized spacial score (nSPS) is 28.4. The van der Waals surface area contributed by atoms with Crippen LogP contribution in [0.1, 0.15) is 192 Å². The standard InChI is InChI=1S/C73H110ClF3N12O12/c1-10-45(2)62-71(100)82(5)46(3)66(95)89-39-34-55(89)69(98)84(7)57(42-48-22-12-11-13-23-48)68(97)81(4)44-59(90)79-53(33-31-49-30-32-51(52(74)40-49)73(75,76)77)67(96)88-38-20-28-54(88)64(93)78-35-19-18-29-60(91)86(9)63(50-26-16-17-27-50)72(101)85(8)58(70(99)87-36-21-37-87)43-61(92)83(6)56(65(94)80-62)41-47-24-14-15-25-47/h30,32,40,45-48,50,53-58,62-63H,10-29,31,33-39,41-44H2,1-9H3,(H,78,93)(H,79,90)(H,80,94)/t45-,46-,53-,54-,55-,56-,57-,58-,62-,63-/m0/s1. The number of nitrogens with zero attached hydrogens (tertiary/aromatic N) is 9. The number of nitrogens with one attached hydrogen (secondary N) is 3. The molecule has 3 saturated carbocycles. The molecule has 0 bridgehead atoms. The van der Waals surface area contributed by atoms with E-state index in [0.717, 1.165) is 89.2 Å². The lowest BCUT2D eigenvalue weighted by atomic mass is 9.84. The number of carbonyl (C=O) groups excluding carboxylic acids is 12. The molecule has 101 heavy (non-hydrogen) atoms. The first-order chi connectivity index (χ1) is 47.9. The van der Waals surface area contributed by atoms with Gasteiger partial charge in [0.2, 0.25) is 70.9 Å². The largest absolute Gasteiger partial charge is 0.417 e. The highest BCUT2D eigenvalue weighted by molar-refractivity contribution is 6.31. The Morgan fingerprint density at radius 3 is 1.81 bits per heavy atom. The lowest BCUT2D eigenvalue weighted by Gasteiger charge is -2.45. The summed E-state index contributed by atoms with van der Waals surface area (Å²) in [6, 6.07) is -6.96. The predicted octanol–water partition coefficient (Wildman–Crippen LogP) is 6.18. The number of likely N-dealkylation sites (N-methyl/N-ethyl adjacent to an activating group) is 6. The summed E-state index contributed by atoms with van der Waals surface area (Å²) in [5.74, 6) is -7.25. The number of likely N-dealkylation sites (tertiary alicyclic amines) is 1. The Balaban J connectivity index is 1.10. The van der Waals surface area contributed by atoms with Crippen LogP contribution in [-0.4, -0.2) is 251 Å². The van der Waals surface area contributed by atoms with Gasteiger partial charge in [-0.05, 0) is 125 Å². The Kier molecular flexibility index (Phi) is 28.3. The zero-order valence-corrected chi connectivity index (χ0v) is 61.6. The summed E-state index contributed by atoms with van der Waals surface area (Å²) in [5, 5.41) is 8.12. The van der Waals surface area contributed by atoms with Gasteiger partial charge in [0.15, 0.2) is 0 Å². The zero-order chi connectivity index (χ0) is 73.7. The van der Waals surface area contributed by atoms with Crippen molar-refractivity contribution in [3.05, 3.63) is 34.3 Å². The topological polar surface area (TPSA) is 270 Å². The van der Waals surface area contributed by atoms with Crippen LogP contribution in [0, 0.1) is 23.7 Å². The van der Waals surface area contributed by atoms with E-state index in [1.54, 1.807) is 18.9 Å². The molecule has 0 spiro atoms. The lowest BCUT2D eigenvalue weighted by Crippen LogP contribution is -2.65. The van der Waals surface area contributed by atoms with Gasteiger partial charge in [-0.3, -0.25) is 57.5 Å². The van der Waals surface area contributed by atoms with Crippen LogP contribution in [0.5, 0.6) is 0 Å². The molecular formula is C73H110ClF3N12O12. The molecule has 12 amide bonds. The zero-order valence-electron chi connectivity index (χ0n) is 60.8. The van der Waals surface area contributed by atoms with Crippen molar-refractivity contribution in [2.24, 2.45) is 23.7 Å². The highest BCUT2D eigenvalue weighted by atomic mass is 35.5. The third kappa shape index (κ3) is 19.6. The summed E-state index contributed by atoms with van der Waals surface area (Å²) in [6.07, 6.45) is 8.62. The van der Waals surface area contributed by atoms with Crippen LogP contribution < -0.4 is 16.0 Å². The third-order valence-electron chi connectivity index (χ3n) is 23.2. The van der Waals surface area contributed by atoms with E-state index in [-0.39, 0.29) is 88.2 Å². The van der Waals surface area contributed by atoms with Crippen molar-refractivity contribution in [3.8, 4) is 0 Å². The van der Waals surface area contributed by atoms with Crippen LogP contribution in [0.25, 0.3) is 0 Å². The van der Waals surface area contributed by atoms with Gasteiger partial charge in [-0.25, -0.2) is 0 Å². The quantitative estimate of drug-likeness (QED) is 0.224. The van der Waals surface area contributed by atoms with Gasteiger partial charge in [-0.15, -0.1) is 0 Å². The third-order valence-corrected chi connectivity index (χ3v) is 23.5. The van der Waals surface area contributed by atoms with E-state index in [4.69, 9.17) is 11.6 Å². The smallest absolute Gasteiger partial charge is 0.354 e. The Labute approximate surface area is 598 Å². The average Bonchev–Trinajstić information content (AvgIpc) is 1.45. The highest BCUT2D eigenvalue weighted by Crippen LogP contribution is 2.38. The van der Waals surface area contributed by atoms with Crippen LogP contribution in [0.4, 0.5) is 13.2 Å². The number of amides is 12. The van der Waals surface area contributed by atoms with Crippen LogP contribution >= 0.6 is 11.6 Å². The lowest BCUT2D eigenvalue weighted by molar-refractivity contribution is -0.160. The van der Waals surface area contributed by atoms with Gasteiger partial charge >= 0.3 is 6.18 Å². The van der Waals surface area contributed by atoms with Crippen LogP contribution in [-0.2, 0) is 70.1 Å². The first kappa shape index (κ1) is 79.6. The summed E-state index contributed by atoms with van der Waals surface area (Å²) in [6.45, 7) is 5.85. The predicted molar refractivity (Wildman–Crippen MR) is 371 cm³/mol. The minimum atomic E-state index is -4.73. The van der Waals surface area contributed by atoms with E-state index < -0.39 is 155 Å². The van der Waals surface area contributed by atoms with Gasteiger partial charge in [0.25, 0.3) is 0 Å². The van der Waals surface area contributed by atoms with Crippen molar-refractivity contribution in [1.29, 1.82) is 0 Å². The van der Waals surface area contributed by atoms with E-state index in [9.17, 15) is 56.3 Å². The van der Waals surface area contributed by atoms with E-state index in [1.165, 1.54) is 87.4 Å². The second kappa shape index (κ2) is 35.9. The van der Waals surface area contributed by atoms with E-state index in [2.05, 4.69) is 16.0 Å². The molecule has 1 aromatic rings. The molecule has 4 aliphatic heterocycles. The first-order valence-electron chi connectivity index (χ1n) is 37.1. The summed E-state index contributed by atoms with van der Waals surface area (Å²) >= 11 is 6.12. The first-order valence-corrected chi connectivity index (χ1v) is 37.5. The monoisotopic (exact) mass is 1440 g/mol. The molecule has 3 N–H and O–H groups in total. The average molecular weight is 1440 g/mol. The molecule has 0 radical (unpaired) electrons. The van der Waals surface area contributed by atoms with Crippen LogP contribution in [0.3, 0.4) is 0 Å². The molecule has 28 heteroatoms. The number of halogens is 4. The number of fused-ring (bicyclic) bond motifs is 2. The molecule has 0 aromatic heterocycles. The Morgan fingerprint density at radius 2 is 1.22 bits per heavy atom. The van der Waals surface area contributed by atoms with Gasteiger partial charge in [0.05, 0.1) is 23.6 Å². The summed E-state index contributed by atoms with van der Waals surface area (Å²) in [5.41, 5.74) is -0.719. The number of hydrogen-bond acceptors (Lipinski definition) is 12. The molecular weight excluding hydrogens is 1330 g/mol. The van der Waals surface area contributed by atoms with Gasteiger partial charge in [-0.1, -0.05) is 109 Å². The molecule has 4 saturated heterocycles. The number of alkyl halides is 3. The molecule has 24 nitrogen and oxygen atoms in total. The molecule has 0 unspecified atom stereocenters. The Morgan fingerprint density at radius 1 is 0.594 bits per heavy atom. The van der Waals surface area contributed by atoms with Crippen LogP contribution in [0.15, 0.2) is 18.2 Å². The molecule has 10 atom stereocenters. The van der Waals surface area contributed by atoms with Gasteiger partial charge in [-0.2, -0.15) is 13.2 Å². The van der Waals surface area contributed by atoms with Gasteiger partial charge < -0.3 is 60.0 Å². The van der Waals surface area contributed by atoms with Crippen molar-refractivity contribution in [2.75, 3.05) is 81.6 Å². The highest BCUT2D eigenvalue weighted by Gasteiger charge is 2.48. The van der Waals surface area contributed by atoms with Crippen molar-refractivity contribution in [3.63, 3.8) is 0 Å². The van der Waals surface area contributed by atoms with Crippen molar-refractivity contribution < 1.29 is 70.7 Å². The molecule has 3 aliphatic carbocycles. The molecule has 7 aliphatic rings. The molecule has 7 fully saturated rings. The second-order valence-corrected chi connectivity index (χ2v) is 30.3.